The van der Waals surface area contributed by atoms with E-state index in [-0.39, 0.29) is 5.91 Å². The predicted molar refractivity (Wildman–Crippen MR) is 81.3 cm³/mol. The number of ether oxygens (including phenoxy) is 1. The van der Waals surface area contributed by atoms with Gasteiger partial charge in [-0.3, -0.25) is 4.79 Å². The van der Waals surface area contributed by atoms with Gasteiger partial charge in [0, 0.05) is 13.0 Å². The molecule has 0 saturated carbocycles. The molecule has 5 nitrogen and oxygen atoms in total. The smallest absolute Gasteiger partial charge is 0.340 e. The number of carbonyl (C=O) groups excluding carboxylic acids is 2. The summed E-state index contributed by atoms with van der Waals surface area (Å²) in [6.07, 6.45) is 2.87. The van der Waals surface area contributed by atoms with Crippen molar-refractivity contribution in [2.75, 3.05) is 31.6 Å². The van der Waals surface area contributed by atoms with Gasteiger partial charge in [-0.05, 0) is 45.0 Å². The summed E-state index contributed by atoms with van der Waals surface area (Å²) in [5, 5.41) is 2.81. The standard InChI is InChI=1S/C16H22N2O3/c1-2-21-16(20)13-7-3-4-8-14(13)17-15(19)9-12-18-10-5-6-11-18/h3-4,7-8H,2,5-6,9-12H2,1H3,(H,17,19). The summed E-state index contributed by atoms with van der Waals surface area (Å²) in [6.45, 7) is 5.00. The molecule has 1 aliphatic heterocycles. The summed E-state index contributed by atoms with van der Waals surface area (Å²) in [5.41, 5.74) is 0.913. The maximum Gasteiger partial charge on any atom is 0.340 e. The molecular formula is C16H22N2O3. The zero-order valence-electron chi connectivity index (χ0n) is 12.4. The van der Waals surface area contributed by atoms with Gasteiger partial charge in [0.15, 0.2) is 0 Å². The molecule has 1 heterocycles. The minimum atomic E-state index is -0.409. The van der Waals surface area contributed by atoms with Crippen LogP contribution in [-0.2, 0) is 9.53 Å². The third kappa shape index (κ3) is 4.56. The van der Waals surface area contributed by atoms with Crippen molar-refractivity contribution >= 4 is 17.6 Å². The number of hydrogen-bond acceptors (Lipinski definition) is 4. The number of carbonyl (C=O) groups is 2. The molecule has 0 atom stereocenters. The van der Waals surface area contributed by atoms with Crippen LogP contribution in [-0.4, -0.2) is 43.0 Å². The molecule has 1 fully saturated rings. The molecule has 1 amide bonds. The Kier molecular flexibility index (Phi) is 5.75. The second kappa shape index (κ2) is 7.78. The van der Waals surface area contributed by atoms with Gasteiger partial charge >= 0.3 is 5.97 Å². The Morgan fingerprint density at radius 3 is 2.67 bits per heavy atom. The van der Waals surface area contributed by atoms with E-state index in [1.165, 1.54) is 12.8 Å². The Hall–Kier alpha value is -1.88. The van der Waals surface area contributed by atoms with Crippen LogP contribution < -0.4 is 5.32 Å². The Balaban J connectivity index is 1.91. The average molecular weight is 290 g/mol. The lowest BCUT2D eigenvalue weighted by atomic mass is 10.1. The molecule has 1 saturated heterocycles. The van der Waals surface area contributed by atoms with Crippen LogP contribution in [0, 0.1) is 0 Å². The lowest BCUT2D eigenvalue weighted by Crippen LogP contribution is -2.25. The van der Waals surface area contributed by atoms with Gasteiger partial charge in [-0.15, -0.1) is 0 Å². The quantitative estimate of drug-likeness (QED) is 0.817. The summed E-state index contributed by atoms with van der Waals surface area (Å²) in [4.78, 5) is 26.1. The number of hydrogen-bond donors (Lipinski definition) is 1. The van der Waals surface area contributed by atoms with E-state index < -0.39 is 5.97 Å². The van der Waals surface area contributed by atoms with Crippen molar-refractivity contribution in [2.24, 2.45) is 0 Å². The SMILES string of the molecule is CCOC(=O)c1ccccc1NC(=O)CCN1CCCC1. The molecule has 0 bridgehead atoms. The van der Waals surface area contributed by atoms with Crippen molar-refractivity contribution in [3.05, 3.63) is 29.8 Å². The van der Waals surface area contributed by atoms with Gasteiger partial charge in [-0.1, -0.05) is 12.1 Å². The molecule has 5 heteroatoms. The summed E-state index contributed by atoms with van der Waals surface area (Å²) in [5.74, 6) is -0.480. The van der Waals surface area contributed by atoms with Crippen LogP contribution >= 0.6 is 0 Å². The van der Waals surface area contributed by atoms with Gasteiger partial charge in [-0.2, -0.15) is 0 Å². The summed E-state index contributed by atoms with van der Waals surface area (Å²) in [7, 11) is 0. The van der Waals surface area contributed by atoms with Gasteiger partial charge in [0.2, 0.25) is 5.91 Å². The zero-order chi connectivity index (χ0) is 15.1. The Morgan fingerprint density at radius 1 is 1.24 bits per heavy atom. The Labute approximate surface area is 125 Å². The second-order valence-electron chi connectivity index (χ2n) is 5.11. The fourth-order valence-electron chi connectivity index (χ4n) is 2.46. The number of nitrogens with zero attached hydrogens (tertiary/aromatic N) is 1. The van der Waals surface area contributed by atoms with Gasteiger partial charge in [-0.25, -0.2) is 4.79 Å². The van der Waals surface area contributed by atoms with E-state index >= 15 is 0 Å². The first-order valence-electron chi connectivity index (χ1n) is 7.49. The van der Waals surface area contributed by atoms with Crippen molar-refractivity contribution in [3.63, 3.8) is 0 Å². The van der Waals surface area contributed by atoms with E-state index in [2.05, 4.69) is 10.2 Å². The fourth-order valence-corrected chi connectivity index (χ4v) is 2.46. The third-order valence-corrected chi connectivity index (χ3v) is 3.55. The van der Waals surface area contributed by atoms with Crippen LogP contribution in [0.25, 0.3) is 0 Å². The maximum atomic E-state index is 12.0. The van der Waals surface area contributed by atoms with Crippen LogP contribution in [0.2, 0.25) is 0 Å². The van der Waals surface area contributed by atoms with Crippen LogP contribution in [0.5, 0.6) is 0 Å². The van der Waals surface area contributed by atoms with Gasteiger partial charge in [0.25, 0.3) is 0 Å². The molecule has 1 aromatic rings. The Bertz CT molecular complexity index is 496. The largest absolute Gasteiger partial charge is 0.462 e. The van der Waals surface area contributed by atoms with Gasteiger partial charge in [0.05, 0.1) is 17.9 Å². The molecule has 1 aliphatic rings. The lowest BCUT2D eigenvalue weighted by molar-refractivity contribution is -0.116. The molecule has 0 spiro atoms. The van der Waals surface area contributed by atoms with E-state index in [1.807, 2.05) is 0 Å². The Morgan fingerprint density at radius 2 is 1.95 bits per heavy atom. The van der Waals surface area contributed by atoms with Crippen molar-refractivity contribution in [1.82, 2.24) is 4.90 Å². The lowest BCUT2D eigenvalue weighted by Gasteiger charge is -2.14. The highest BCUT2D eigenvalue weighted by Crippen LogP contribution is 2.17. The molecule has 0 aliphatic carbocycles. The molecule has 0 radical (unpaired) electrons. The molecule has 114 valence electrons. The van der Waals surface area contributed by atoms with Crippen LogP contribution in [0.15, 0.2) is 24.3 Å². The minimum Gasteiger partial charge on any atom is -0.462 e. The van der Waals surface area contributed by atoms with E-state index in [0.717, 1.165) is 19.6 Å². The van der Waals surface area contributed by atoms with Gasteiger partial charge in [0.1, 0.15) is 0 Å². The van der Waals surface area contributed by atoms with E-state index in [9.17, 15) is 9.59 Å². The molecule has 1 aromatic carbocycles. The molecule has 2 rings (SSSR count). The summed E-state index contributed by atoms with van der Waals surface area (Å²) >= 11 is 0. The van der Waals surface area contributed by atoms with Crippen molar-refractivity contribution in [3.8, 4) is 0 Å². The summed E-state index contributed by atoms with van der Waals surface area (Å²) in [6, 6.07) is 6.93. The molecular weight excluding hydrogens is 268 g/mol. The highest BCUT2D eigenvalue weighted by Gasteiger charge is 2.16. The molecule has 1 N–H and O–H groups in total. The number of esters is 1. The predicted octanol–water partition coefficient (Wildman–Crippen LogP) is 2.29. The second-order valence-corrected chi connectivity index (χ2v) is 5.11. The zero-order valence-corrected chi connectivity index (χ0v) is 12.4. The number of para-hydroxylation sites is 1. The van der Waals surface area contributed by atoms with Crippen LogP contribution in [0.1, 0.15) is 36.5 Å². The van der Waals surface area contributed by atoms with Crippen LogP contribution in [0.4, 0.5) is 5.69 Å². The number of nitrogens with one attached hydrogen (secondary N) is 1. The first-order valence-corrected chi connectivity index (χ1v) is 7.49. The molecule has 21 heavy (non-hydrogen) atoms. The van der Waals surface area contributed by atoms with E-state index in [0.29, 0.717) is 24.3 Å². The highest BCUT2D eigenvalue weighted by molar-refractivity contribution is 6.01. The maximum absolute atomic E-state index is 12.0. The first-order chi connectivity index (χ1) is 10.2. The number of benzene rings is 1. The number of rotatable bonds is 6. The third-order valence-electron chi connectivity index (χ3n) is 3.55. The van der Waals surface area contributed by atoms with E-state index in [1.54, 1.807) is 31.2 Å². The molecule has 0 unspecified atom stereocenters. The summed E-state index contributed by atoms with van der Waals surface area (Å²) < 4.78 is 4.99. The monoisotopic (exact) mass is 290 g/mol. The highest BCUT2D eigenvalue weighted by atomic mass is 16.5. The first kappa shape index (κ1) is 15.5. The van der Waals surface area contributed by atoms with Crippen molar-refractivity contribution in [1.29, 1.82) is 0 Å². The average Bonchev–Trinajstić information content (AvgIpc) is 2.99. The van der Waals surface area contributed by atoms with E-state index in [4.69, 9.17) is 4.74 Å². The number of anilines is 1. The van der Waals surface area contributed by atoms with Gasteiger partial charge < -0.3 is 15.0 Å². The number of amides is 1. The minimum absolute atomic E-state index is 0.0707. The molecule has 0 aromatic heterocycles. The van der Waals surface area contributed by atoms with Crippen LogP contribution in [0.3, 0.4) is 0 Å². The normalized spacial score (nSPS) is 14.9. The number of likely N-dealkylation sites (tertiary alicyclic amines) is 1. The van der Waals surface area contributed by atoms with Crippen molar-refractivity contribution < 1.29 is 14.3 Å². The fraction of sp³-hybridized carbons (Fsp3) is 0.500. The van der Waals surface area contributed by atoms with Crippen molar-refractivity contribution in [2.45, 2.75) is 26.2 Å². The topological polar surface area (TPSA) is 58.6 Å².